The van der Waals surface area contributed by atoms with Crippen LogP contribution in [0.15, 0.2) is 71.2 Å². The number of pyridine rings is 1. The van der Waals surface area contributed by atoms with E-state index in [2.05, 4.69) is 15.2 Å². The van der Waals surface area contributed by atoms with Crippen molar-refractivity contribution in [1.82, 2.24) is 9.55 Å². The van der Waals surface area contributed by atoms with Crippen molar-refractivity contribution in [1.29, 1.82) is 0 Å². The Kier molecular flexibility index (Phi) is 4.79. The smallest absolute Gasteiger partial charge is 0.287 e. The molecule has 0 unspecified atom stereocenters. The van der Waals surface area contributed by atoms with Gasteiger partial charge >= 0.3 is 0 Å². The van der Waals surface area contributed by atoms with Gasteiger partial charge in [0.05, 0.1) is 12.0 Å². The van der Waals surface area contributed by atoms with Crippen molar-refractivity contribution in [3.63, 3.8) is 0 Å². The molecule has 0 atom stereocenters. The van der Waals surface area contributed by atoms with Crippen molar-refractivity contribution < 1.29 is 9.66 Å². The summed E-state index contributed by atoms with van der Waals surface area (Å²) in [4.78, 5) is 14.0. The molecule has 3 aromatic rings. The molecule has 8 heteroatoms. The minimum absolute atomic E-state index is 0.0765. The van der Waals surface area contributed by atoms with Gasteiger partial charge in [0, 0.05) is 23.6 Å². The number of aromatic nitrogens is 2. The number of nitro groups is 1. The summed E-state index contributed by atoms with van der Waals surface area (Å²) in [5.74, 6) is 1.12. The van der Waals surface area contributed by atoms with Crippen LogP contribution in [0.5, 0.6) is 5.75 Å². The van der Waals surface area contributed by atoms with Gasteiger partial charge in [-0.3, -0.25) is 10.1 Å². The minimum atomic E-state index is -0.504. The van der Waals surface area contributed by atoms with Gasteiger partial charge in [-0.25, -0.2) is 4.98 Å². The van der Waals surface area contributed by atoms with Gasteiger partial charge in [0.2, 0.25) is 0 Å². The Balaban J connectivity index is 1.71. The lowest BCUT2D eigenvalue weighted by Gasteiger charge is -2.08. The van der Waals surface area contributed by atoms with Crippen LogP contribution < -0.4 is 4.74 Å². The molecule has 0 bridgehead atoms. The van der Waals surface area contributed by atoms with E-state index in [9.17, 15) is 10.1 Å². The highest BCUT2D eigenvalue weighted by atomic mass is 16.6. The summed E-state index contributed by atoms with van der Waals surface area (Å²) in [6.07, 6.45) is 3.10. The van der Waals surface area contributed by atoms with Gasteiger partial charge in [-0.2, -0.15) is 5.11 Å². The number of hydrogen-bond acceptors (Lipinski definition) is 6. The van der Waals surface area contributed by atoms with Gasteiger partial charge in [0.25, 0.3) is 5.69 Å². The molecule has 0 aliphatic heterocycles. The molecule has 0 N–H and O–H groups in total. The Hall–Kier alpha value is -3.55. The zero-order valence-corrected chi connectivity index (χ0v) is 13.4. The maximum atomic E-state index is 10.6. The molecular formula is C17H15N5O3. The standard InChI is InChI=1S/C17H15N5O3/c1-25-16-7-4-13(5-8-16)21-10-2-3-14(21)12-19-20-17-9-6-15(11-18-17)22(23)24/h2-11H,12H2,1H3. The quantitative estimate of drug-likeness (QED) is 0.385. The number of nitrogens with zero attached hydrogens (tertiary/aromatic N) is 5. The van der Waals surface area contributed by atoms with E-state index in [0.717, 1.165) is 23.3 Å². The van der Waals surface area contributed by atoms with Crippen LogP contribution in [0.2, 0.25) is 0 Å². The van der Waals surface area contributed by atoms with E-state index in [1.165, 1.54) is 12.1 Å². The summed E-state index contributed by atoms with van der Waals surface area (Å²) >= 11 is 0. The molecule has 3 rings (SSSR count). The zero-order chi connectivity index (χ0) is 17.6. The molecular weight excluding hydrogens is 322 g/mol. The largest absolute Gasteiger partial charge is 0.497 e. The predicted octanol–water partition coefficient (Wildman–Crippen LogP) is 4.07. The minimum Gasteiger partial charge on any atom is -0.497 e. The topological polar surface area (TPSA) is 94.9 Å². The molecule has 2 heterocycles. The SMILES string of the molecule is COc1ccc(-n2cccc2CN=Nc2ccc([N+](=O)[O-])cn2)cc1. The Bertz CT molecular complexity index is 885. The molecule has 8 nitrogen and oxygen atoms in total. The molecule has 0 aliphatic rings. The van der Waals surface area contributed by atoms with Crippen LogP contribution in [0.4, 0.5) is 11.5 Å². The third-order valence-corrected chi connectivity index (χ3v) is 3.53. The van der Waals surface area contributed by atoms with E-state index >= 15 is 0 Å². The predicted molar refractivity (Wildman–Crippen MR) is 91.4 cm³/mol. The van der Waals surface area contributed by atoms with Gasteiger partial charge in [0.1, 0.15) is 18.5 Å². The molecule has 126 valence electrons. The van der Waals surface area contributed by atoms with E-state index < -0.39 is 4.92 Å². The van der Waals surface area contributed by atoms with Gasteiger partial charge in [-0.15, -0.1) is 5.11 Å². The molecule has 0 fully saturated rings. The first-order valence-corrected chi connectivity index (χ1v) is 7.46. The van der Waals surface area contributed by atoms with E-state index in [1.54, 1.807) is 7.11 Å². The lowest BCUT2D eigenvalue weighted by atomic mass is 10.3. The highest BCUT2D eigenvalue weighted by Gasteiger charge is 2.05. The summed E-state index contributed by atoms with van der Waals surface area (Å²) in [6.45, 7) is 0.359. The number of ether oxygens (including phenoxy) is 1. The van der Waals surface area contributed by atoms with Crippen LogP contribution in [0.1, 0.15) is 5.69 Å². The van der Waals surface area contributed by atoms with E-state index in [-0.39, 0.29) is 5.69 Å². The average molecular weight is 337 g/mol. The first-order valence-electron chi connectivity index (χ1n) is 7.46. The van der Waals surface area contributed by atoms with Crippen LogP contribution >= 0.6 is 0 Å². The van der Waals surface area contributed by atoms with Crippen molar-refractivity contribution in [2.75, 3.05) is 7.11 Å². The van der Waals surface area contributed by atoms with Crippen molar-refractivity contribution in [3.8, 4) is 11.4 Å². The number of rotatable bonds is 6. The Morgan fingerprint density at radius 3 is 2.64 bits per heavy atom. The van der Waals surface area contributed by atoms with Crippen LogP contribution in [-0.2, 0) is 6.54 Å². The first kappa shape index (κ1) is 16.3. The summed E-state index contributed by atoms with van der Waals surface area (Å²) in [7, 11) is 1.63. The third kappa shape index (κ3) is 3.86. The highest BCUT2D eigenvalue weighted by Crippen LogP contribution is 2.19. The van der Waals surface area contributed by atoms with Crippen LogP contribution in [-0.4, -0.2) is 21.6 Å². The Morgan fingerprint density at radius 2 is 2.00 bits per heavy atom. The third-order valence-electron chi connectivity index (χ3n) is 3.53. The number of benzene rings is 1. The second kappa shape index (κ2) is 7.35. The average Bonchev–Trinajstić information content (AvgIpc) is 3.11. The van der Waals surface area contributed by atoms with Crippen molar-refractivity contribution in [3.05, 3.63) is 76.7 Å². The molecule has 1 aromatic carbocycles. The number of methoxy groups -OCH3 is 1. The Labute approximate surface area is 143 Å². The second-order valence-corrected chi connectivity index (χ2v) is 5.10. The normalized spacial score (nSPS) is 10.9. The van der Waals surface area contributed by atoms with E-state index in [1.807, 2.05) is 47.2 Å². The van der Waals surface area contributed by atoms with Crippen molar-refractivity contribution in [2.24, 2.45) is 10.2 Å². The maximum absolute atomic E-state index is 10.6. The molecule has 0 saturated carbocycles. The maximum Gasteiger partial charge on any atom is 0.287 e. The van der Waals surface area contributed by atoms with E-state index in [4.69, 9.17) is 4.74 Å². The van der Waals surface area contributed by atoms with Gasteiger partial charge in [-0.1, -0.05) is 0 Å². The molecule has 0 radical (unpaired) electrons. The molecule has 0 amide bonds. The summed E-state index contributed by atoms with van der Waals surface area (Å²) in [5, 5.41) is 18.7. The van der Waals surface area contributed by atoms with Crippen molar-refractivity contribution >= 4 is 11.5 Å². The number of hydrogen-bond donors (Lipinski definition) is 0. The van der Waals surface area contributed by atoms with Crippen LogP contribution in [0.25, 0.3) is 5.69 Å². The summed E-state index contributed by atoms with van der Waals surface area (Å²) in [5.41, 5.74) is 1.87. The fourth-order valence-corrected chi connectivity index (χ4v) is 2.27. The van der Waals surface area contributed by atoms with Crippen LogP contribution in [0, 0.1) is 10.1 Å². The second-order valence-electron chi connectivity index (χ2n) is 5.10. The highest BCUT2D eigenvalue weighted by molar-refractivity contribution is 5.39. The van der Waals surface area contributed by atoms with Crippen LogP contribution in [0.3, 0.4) is 0 Å². The molecule has 0 aliphatic carbocycles. The lowest BCUT2D eigenvalue weighted by molar-refractivity contribution is -0.385. The lowest BCUT2D eigenvalue weighted by Crippen LogP contribution is -1.97. The number of azo groups is 1. The molecule has 2 aromatic heterocycles. The summed E-state index contributed by atoms with van der Waals surface area (Å²) < 4.78 is 7.16. The fourth-order valence-electron chi connectivity index (χ4n) is 2.27. The Morgan fingerprint density at radius 1 is 1.20 bits per heavy atom. The first-order chi connectivity index (χ1) is 12.2. The fraction of sp³-hybridized carbons (Fsp3) is 0.118. The molecule has 0 spiro atoms. The van der Waals surface area contributed by atoms with E-state index in [0.29, 0.717) is 12.4 Å². The summed E-state index contributed by atoms with van der Waals surface area (Å²) in [6, 6.07) is 14.4. The van der Waals surface area contributed by atoms with Gasteiger partial charge in [-0.05, 0) is 42.5 Å². The van der Waals surface area contributed by atoms with Gasteiger partial charge < -0.3 is 9.30 Å². The molecule has 0 saturated heterocycles. The van der Waals surface area contributed by atoms with Gasteiger partial charge in [0.15, 0.2) is 5.82 Å². The molecule has 25 heavy (non-hydrogen) atoms. The monoisotopic (exact) mass is 337 g/mol. The van der Waals surface area contributed by atoms with Crippen molar-refractivity contribution in [2.45, 2.75) is 6.54 Å². The zero-order valence-electron chi connectivity index (χ0n) is 13.4.